The average molecular weight is 570 g/mol. The molecule has 9 rings (SSSR count). The molecule has 2 heteroatoms. The third-order valence-electron chi connectivity index (χ3n) is 8.59. The van der Waals surface area contributed by atoms with Gasteiger partial charge in [-0.25, -0.2) is 4.39 Å². The first-order chi connectivity index (χ1) is 23.8. The molecule has 0 unspecified atom stereocenters. The second-order valence-corrected chi connectivity index (χ2v) is 11.0. The predicted molar refractivity (Wildman–Crippen MR) is 183 cm³/mol. The fourth-order valence-electron chi connectivity index (χ4n) is 6.70. The predicted octanol–water partition coefficient (Wildman–Crippen LogP) is 12.2. The van der Waals surface area contributed by atoms with Crippen LogP contribution in [-0.4, -0.2) is 0 Å². The smallest absolute Gasteiger partial charge is 0.136 e. The number of halogens is 1. The normalized spacial score (nSPS) is 13.3. The zero-order chi connectivity index (χ0) is 33.6. The van der Waals surface area contributed by atoms with Gasteiger partial charge in [0.1, 0.15) is 17.0 Å². The highest BCUT2D eigenvalue weighted by Gasteiger charge is 2.22. The zero-order valence-corrected chi connectivity index (χ0v) is 23.3. The number of hydrogen-bond acceptors (Lipinski definition) is 1. The summed E-state index contributed by atoms with van der Waals surface area (Å²) >= 11 is 0. The summed E-state index contributed by atoms with van der Waals surface area (Å²) in [5.41, 5.74) is 4.53. The highest BCUT2D eigenvalue weighted by atomic mass is 19.1. The highest BCUT2D eigenvalue weighted by molar-refractivity contribution is 6.23. The van der Waals surface area contributed by atoms with E-state index >= 15 is 4.39 Å². The first kappa shape index (κ1) is 20.2. The van der Waals surface area contributed by atoms with Crippen LogP contribution in [-0.2, 0) is 0 Å². The van der Waals surface area contributed by atoms with Gasteiger partial charge in [-0.15, -0.1) is 0 Å². The van der Waals surface area contributed by atoms with Crippen LogP contribution in [0.4, 0.5) is 4.39 Å². The molecule has 9 aromatic rings. The monoisotopic (exact) mass is 569 g/mol. The zero-order valence-electron chi connectivity index (χ0n) is 28.3. The largest absolute Gasteiger partial charge is 0.456 e. The van der Waals surface area contributed by atoms with Crippen molar-refractivity contribution in [3.05, 3.63) is 157 Å². The van der Waals surface area contributed by atoms with Crippen LogP contribution in [0.1, 0.15) is 6.85 Å². The van der Waals surface area contributed by atoms with Gasteiger partial charge in [-0.3, -0.25) is 0 Å². The number of benzene rings is 8. The van der Waals surface area contributed by atoms with Gasteiger partial charge < -0.3 is 4.42 Å². The van der Waals surface area contributed by atoms with Crippen LogP contribution >= 0.6 is 0 Å². The van der Waals surface area contributed by atoms with Crippen molar-refractivity contribution in [2.75, 3.05) is 0 Å². The molecule has 1 nitrogen and oxygen atoms in total. The molecule has 44 heavy (non-hydrogen) atoms. The Morgan fingerprint density at radius 1 is 0.455 bits per heavy atom. The van der Waals surface area contributed by atoms with Crippen LogP contribution in [0.5, 0.6) is 0 Å². The molecule has 1 aromatic heterocycles. The van der Waals surface area contributed by atoms with E-state index in [4.69, 9.17) is 11.3 Å². The van der Waals surface area contributed by atoms with Gasteiger partial charge in [0.25, 0.3) is 0 Å². The minimum Gasteiger partial charge on any atom is -0.456 e. The molecule has 0 aliphatic heterocycles. The van der Waals surface area contributed by atoms with E-state index in [1.807, 2.05) is 66.7 Å². The highest BCUT2D eigenvalue weighted by Crippen LogP contribution is 2.47. The minimum absolute atomic E-state index is 0.0393. The number of hydrogen-bond donors (Lipinski definition) is 0. The van der Waals surface area contributed by atoms with Crippen molar-refractivity contribution in [3.63, 3.8) is 0 Å². The van der Waals surface area contributed by atoms with E-state index in [1.54, 1.807) is 6.07 Å². The van der Waals surface area contributed by atoms with Crippen molar-refractivity contribution in [3.8, 4) is 33.4 Å². The maximum atomic E-state index is 16.4. The van der Waals surface area contributed by atoms with Crippen molar-refractivity contribution in [2.24, 2.45) is 0 Å². The maximum absolute atomic E-state index is 16.4. The number of rotatable bonds is 3. The Labute approximate surface area is 260 Å². The summed E-state index contributed by atoms with van der Waals surface area (Å²) in [6.45, 7) is 0. The Balaban J connectivity index is 1.37. The molecule has 1 heterocycles. The SMILES string of the molecule is [2H]c1c([2H])c([2H])c(-c2cccc(F)c2-c2c3ccccc3c(-c3ccc4oc5cc6ccccc6cc5c4c3)c3ccccc23)c([2H])c1[2H]. The molecule has 0 saturated carbocycles. The molecule has 0 saturated heterocycles. The van der Waals surface area contributed by atoms with Gasteiger partial charge in [-0.1, -0.05) is 121 Å². The average Bonchev–Trinajstić information content (AvgIpc) is 3.48. The lowest BCUT2D eigenvalue weighted by atomic mass is 9.83. The van der Waals surface area contributed by atoms with Crippen LogP contribution in [0.25, 0.3) is 87.6 Å². The Morgan fingerprint density at radius 2 is 1.07 bits per heavy atom. The van der Waals surface area contributed by atoms with Gasteiger partial charge in [0, 0.05) is 21.9 Å². The quantitative estimate of drug-likeness (QED) is 0.193. The molecule has 0 atom stereocenters. The van der Waals surface area contributed by atoms with Gasteiger partial charge in [0.2, 0.25) is 0 Å². The van der Waals surface area contributed by atoms with E-state index in [1.165, 1.54) is 12.1 Å². The summed E-state index contributed by atoms with van der Waals surface area (Å²) in [7, 11) is 0. The lowest BCUT2D eigenvalue weighted by molar-refractivity contribution is 0.632. The van der Waals surface area contributed by atoms with Gasteiger partial charge in [0.15, 0.2) is 0 Å². The second-order valence-electron chi connectivity index (χ2n) is 11.0. The van der Waals surface area contributed by atoms with E-state index in [0.717, 1.165) is 65.4 Å². The molecule has 8 aromatic carbocycles. The molecule has 0 fully saturated rings. The number of fused-ring (bicyclic) bond motifs is 6. The topological polar surface area (TPSA) is 13.1 Å². The summed E-state index contributed by atoms with van der Waals surface area (Å²) in [5, 5.41) is 7.59. The van der Waals surface area contributed by atoms with Crippen LogP contribution in [0.3, 0.4) is 0 Å². The van der Waals surface area contributed by atoms with Crippen LogP contribution in [0.15, 0.2) is 156 Å². The Bertz CT molecular complexity index is 2770. The van der Waals surface area contributed by atoms with Crippen molar-refractivity contribution in [1.82, 2.24) is 0 Å². The van der Waals surface area contributed by atoms with E-state index in [0.29, 0.717) is 5.56 Å². The van der Waals surface area contributed by atoms with Crippen LogP contribution in [0.2, 0.25) is 0 Å². The maximum Gasteiger partial charge on any atom is 0.136 e. The molecule has 0 radical (unpaired) electrons. The number of furan rings is 1. The molecule has 0 aliphatic carbocycles. The van der Waals surface area contributed by atoms with E-state index in [-0.39, 0.29) is 28.8 Å². The van der Waals surface area contributed by atoms with Crippen molar-refractivity contribution >= 4 is 54.3 Å². The standard InChI is InChI=1S/C42H25FO/c43-37-20-10-19-30(26-11-2-1-3-12-26)42(37)41-33-17-8-6-15-31(33)40(32-16-7-9-18-34(32)41)29-21-22-38-35(24-29)36-23-27-13-4-5-14-28(27)25-39(36)44-38/h1-25H/i1D,2D,3D,11D,12D. The molecule has 0 bridgehead atoms. The van der Waals surface area contributed by atoms with Gasteiger partial charge in [-0.2, -0.15) is 0 Å². The van der Waals surface area contributed by atoms with Gasteiger partial charge in [-0.05, 0) is 84.9 Å². The van der Waals surface area contributed by atoms with Crippen molar-refractivity contribution in [2.45, 2.75) is 0 Å². The Hall–Kier alpha value is -5.73. The van der Waals surface area contributed by atoms with Crippen LogP contribution < -0.4 is 0 Å². The van der Waals surface area contributed by atoms with E-state index in [2.05, 4.69) is 36.4 Å². The molecule has 0 aliphatic rings. The molecular weight excluding hydrogens is 539 g/mol. The lowest BCUT2D eigenvalue weighted by Crippen LogP contribution is -1.95. The fourth-order valence-corrected chi connectivity index (χ4v) is 6.70. The third-order valence-corrected chi connectivity index (χ3v) is 8.59. The first-order valence-electron chi connectivity index (χ1n) is 17.0. The summed E-state index contributed by atoms with van der Waals surface area (Å²) in [6, 6.07) is 36.7. The summed E-state index contributed by atoms with van der Waals surface area (Å²) in [5.74, 6) is -0.550. The Kier molecular flexibility index (Phi) is 4.44. The fraction of sp³-hybridized carbons (Fsp3) is 0. The molecular formula is C42H25FO. The third kappa shape index (κ3) is 3.71. The molecule has 0 spiro atoms. The van der Waals surface area contributed by atoms with E-state index in [9.17, 15) is 0 Å². The van der Waals surface area contributed by atoms with Gasteiger partial charge in [0.05, 0.1) is 6.85 Å². The molecule has 206 valence electrons. The first-order valence-corrected chi connectivity index (χ1v) is 14.5. The molecule has 0 amide bonds. The minimum atomic E-state index is -0.550. The van der Waals surface area contributed by atoms with Crippen LogP contribution in [0, 0.1) is 5.82 Å². The summed E-state index contributed by atoms with van der Waals surface area (Å²) in [4.78, 5) is 0. The lowest BCUT2D eigenvalue weighted by Gasteiger charge is -2.20. The summed E-state index contributed by atoms with van der Waals surface area (Å²) < 4.78 is 64.9. The van der Waals surface area contributed by atoms with E-state index < -0.39 is 23.9 Å². The summed E-state index contributed by atoms with van der Waals surface area (Å²) in [6.07, 6.45) is 0. The van der Waals surface area contributed by atoms with Gasteiger partial charge >= 0.3 is 0 Å². The molecule has 0 N–H and O–H groups in total. The van der Waals surface area contributed by atoms with Crippen molar-refractivity contribution < 1.29 is 15.7 Å². The van der Waals surface area contributed by atoms with Crippen molar-refractivity contribution in [1.29, 1.82) is 0 Å². The second kappa shape index (κ2) is 9.65. The Morgan fingerprint density at radius 3 is 1.77 bits per heavy atom.